The van der Waals surface area contributed by atoms with Crippen LogP contribution in [0.5, 0.6) is 0 Å². The third-order valence-corrected chi connectivity index (χ3v) is 5.77. The lowest BCUT2D eigenvalue weighted by Gasteiger charge is -2.29. The number of rotatable bonds is 4. The van der Waals surface area contributed by atoms with Gasteiger partial charge in [0, 0.05) is 31.0 Å². The molecule has 178 valence electrons. The van der Waals surface area contributed by atoms with E-state index in [1.54, 1.807) is 29.2 Å². The molecule has 35 heavy (non-hydrogen) atoms. The Morgan fingerprint density at radius 2 is 1.86 bits per heavy atom. The van der Waals surface area contributed by atoms with Crippen LogP contribution >= 0.6 is 0 Å². The number of amides is 1. The van der Waals surface area contributed by atoms with Crippen molar-refractivity contribution in [3.8, 4) is 16.9 Å². The van der Waals surface area contributed by atoms with Crippen LogP contribution in [-0.4, -0.2) is 41.4 Å². The molecule has 3 aromatic heterocycles. The Bertz CT molecular complexity index is 1490. The molecule has 1 aliphatic heterocycles. The molecular weight excluding hydrogens is 461 g/mol. The van der Waals surface area contributed by atoms with Crippen molar-refractivity contribution in [1.29, 1.82) is 0 Å². The fourth-order valence-corrected chi connectivity index (χ4v) is 4.02. The number of fused-ring (bicyclic) bond motifs is 1. The van der Waals surface area contributed by atoms with Crippen LogP contribution in [0, 0.1) is 6.92 Å². The van der Waals surface area contributed by atoms with Gasteiger partial charge in [-0.2, -0.15) is 13.2 Å². The minimum atomic E-state index is -4.46. The molecule has 0 spiro atoms. The third-order valence-electron chi connectivity index (χ3n) is 5.77. The fraction of sp³-hybridized carbons (Fsp3) is 0.208. The zero-order valence-electron chi connectivity index (χ0n) is 18.5. The van der Waals surface area contributed by atoms with Crippen LogP contribution in [-0.2, 0) is 19.3 Å². The maximum absolute atomic E-state index is 13.1. The van der Waals surface area contributed by atoms with E-state index in [2.05, 4.69) is 15.0 Å². The van der Waals surface area contributed by atoms with Crippen molar-refractivity contribution in [2.45, 2.75) is 26.2 Å². The third kappa shape index (κ3) is 4.32. The lowest BCUT2D eigenvalue weighted by molar-refractivity contribution is -0.137. The largest absolute Gasteiger partial charge is 0.416 e. The number of alkyl halides is 3. The van der Waals surface area contributed by atoms with E-state index in [-0.39, 0.29) is 42.6 Å². The number of carbonyl (C=O) groups is 1. The van der Waals surface area contributed by atoms with E-state index in [1.807, 2.05) is 6.92 Å². The lowest BCUT2D eigenvalue weighted by Crippen LogP contribution is -2.44. The van der Waals surface area contributed by atoms with Gasteiger partial charge >= 0.3 is 6.18 Å². The van der Waals surface area contributed by atoms with Crippen LogP contribution in [0.25, 0.3) is 16.9 Å². The molecule has 0 unspecified atom stereocenters. The van der Waals surface area contributed by atoms with Crippen LogP contribution in [0.2, 0.25) is 0 Å². The molecule has 1 aromatic carbocycles. The van der Waals surface area contributed by atoms with Crippen molar-refractivity contribution in [2.75, 3.05) is 6.54 Å². The highest BCUT2D eigenvalue weighted by Crippen LogP contribution is 2.31. The van der Waals surface area contributed by atoms with E-state index >= 15 is 0 Å². The number of aromatic nitrogens is 5. The SMILES string of the molecule is Cc1cn(-c2ccc3n(c2=O)CCN(Cc2nccc(-c4cccc(C(F)(F)F)c4)n2)C3=O)cn1. The first-order valence-electron chi connectivity index (χ1n) is 10.7. The second kappa shape index (κ2) is 8.49. The van der Waals surface area contributed by atoms with Crippen molar-refractivity contribution in [3.63, 3.8) is 0 Å². The summed E-state index contributed by atoms with van der Waals surface area (Å²) in [5, 5.41) is 0. The predicted molar refractivity (Wildman–Crippen MR) is 120 cm³/mol. The van der Waals surface area contributed by atoms with Crippen LogP contribution in [0.3, 0.4) is 0 Å². The van der Waals surface area contributed by atoms with Crippen molar-refractivity contribution in [3.05, 3.63) is 94.3 Å². The molecular formula is C24H19F3N6O2. The average Bonchev–Trinajstić information content (AvgIpc) is 3.27. The van der Waals surface area contributed by atoms with Gasteiger partial charge in [-0.1, -0.05) is 12.1 Å². The van der Waals surface area contributed by atoms with Gasteiger partial charge in [0.2, 0.25) is 0 Å². The van der Waals surface area contributed by atoms with Gasteiger partial charge in [-0.15, -0.1) is 0 Å². The first-order chi connectivity index (χ1) is 16.7. The number of pyridine rings is 1. The van der Waals surface area contributed by atoms with E-state index in [0.29, 0.717) is 16.9 Å². The molecule has 0 N–H and O–H groups in total. The van der Waals surface area contributed by atoms with Crippen molar-refractivity contribution in [1.82, 2.24) is 29.0 Å². The van der Waals surface area contributed by atoms with Crippen LogP contribution < -0.4 is 5.56 Å². The number of imidazole rings is 1. The molecule has 0 radical (unpaired) electrons. The second-order valence-electron chi connectivity index (χ2n) is 8.15. The van der Waals surface area contributed by atoms with Crippen LogP contribution in [0.4, 0.5) is 13.2 Å². The molecule has 0 saturated heterocycles. The second-order valence-corrected chi connectivity index (χ2v) is 8.15. The molecule has 0 bridgehead atoms. The number of hydrogen-bond acceptors (Lipinski definition) is 5. The van der Waals surface area contributed by atoms with Gasteiger partial charge in [0.15, 0.2) is 0 Å². The van der Waals surface area contributed by atoms with E-state index in [1.165, 1.54) is 33.9 Å². The maximum atomic E-state index is 13.1. The van der Waals surface area contributed by atoms with Crippen molar-refractivity contribution >= 4 is 5.91 Å². The highest BCUT2D eigenvalue weighted by molar-refractivity contribution is 5.93. The van der Waals surface area contributed by atoms with Crippen LogP contribution in [0.15, 0.2) is 66.0 Å². The molecule has 0 saturated carbocycles. The highest BCUT2D eigenvalue weighted by atomic mass is 19.4. The summed E-state index contributed by atoms with van der Waals surface area (Å²) in [6.07, 6.45) is 0.262. The normalized spacial score (nSPS) is 13.7. The number of carbonyl (C=O) groups excluding carboxylic acids is 1. The first kappa shape index (κ1) is 22.5. The van der Waals surface area contributed by atoms with E-state index in [0.717, 1.165) is 17.8 Å². The fourth-order valence-electron chi connectivity index (χ4n) is 4.02. The predicted octanol–water partition coefficient (Wildman–Crippen LogP) is 3.47. The van der Waals surface area contributed by atoms with Gasteiger partial charge in [0.1, 0.15) is 17.2 Å². The number of hydrogen-bond donors (Lipinski definition) is 0. The molecule has 8 nitrogen and oxygen atoms in total. The first-order valence-corrected chi connectivity index (χ1v) is 10.7. The van der Waals surface area contributed by atoms with Crippen LogP contribution in [0.1, 0.15) is 27.6 Å². The number of nitrogens with zero attached hydrogens (tertiary/aromatic N) is 6. The topological polar surface area (TPSA) is 85.9 Å². The van der Waals surface area contributed by atoms with Gasteiger partial charge in [-0.3, -0.25) is 9.59 Å². The Morgan fingerprint density at radius 1 is 1.03 bits per heavy atom. The smallest absolute Gasteiger partial charge is 0.328 e. The molecule has 4 aromatic rings. The molecule has 0 atom stereocenters. The van der Waals surface area contributed by atoms with E-state index in [4.69, 9.17) is 0 Å². The Balaban J connectivity index is 1.39. The van der Waals surface area contributed by atoms with Crippen molar-refractivity contribution < 1.29 is 18.0 Å². The molecule has 1 aliphatic rings. The number of benzene rings is 1. The zero-order valence-corrected chi connectivity index (χ0v) is 18.5. The molecule has 11 heteroatoms. The van der Waals surface area contributed by atoms with E-state index in [9.17, 15) is 22.8 Å². The average molecular weight is 480 g/mol. The minimum Gasteiger partial charge on any atom is -0.328 e. The molecule has 0 fully saturated rings. The summed E-state index contributed by atoms with van der Waals surface area (Å²) in [5.41, 5.74) is 0.963. The summed E-state index contributed by atoms with van der Waals surface area (Å²) in [5.74, 6) is -0.0654. The monoisotopic (exact) mass is 480 g/mol. The van der Waals surface area contributed by atoms with Gasteiger partial charge in [0.25, 0.3) is 11.5 Å². The summed E-state index contributed by atoms with van der Waals surface area (Å²) in [7, 11) is 0. The van der Waals surface area contributed by atoms with Gasteiger partial charge in [-0.05, 0) is 37.3 Å². The number of aryl methyl sites for hydroxylation is 1. The summed E-state index contributed by atoms with van der Waals surface area (Å²) in [6.45, 7) is 2.42. The summed E-state index contributed by atoms with van der Waals surface area (Å²) in [4.78, 5) is 40.3. The number of halogens is 3. The molecule has 0 aliphatic carbocycles. The lowest BCUT2D eigenvalue weighted by atomic mass is 10.1. The van der Waals surface area contributed by atoms with E-state index < -0.39 is 11.7 Å². The Labute approximate surface area is 197 Å². The van der Waals surface area contributed by atoms with Gasteiger partial charge < -0.3 is 14.0 Å². The Morgan fingerprint density at radius 3 is 2.60 bits per heavy atom. The summed E-state index contributed by atoms with van der Waals surface area (Å²) >= 11 is 0. The highest BCUT2D eigenvalue weighted by Gasteiger charge is 2.31. The zero-order chi connectivity index (χ0) is 24.7. The summed E-state index contributed by atoms with van der Waals surface area (Å²) < 4.78 is 42.3. The van der Waals surface area contributed by atoms with Gasteiger partial charge in [0.05, 0.1) is 29.8 Å². The minimum absolute atomic E-state index is 0.0578. The Kier molecular flexibility index (Phi) is 5.46. The molecule has 5 rings (SSSR count). The molecule has 1 amide bonds. The molecule has 4 heterocycles. The quantitative estimate of drug-likeness (QED) is 0.447. The van der Waals surface area contributed by atoms with Gasteiger partial charge in [-0.25, -0.2) is 15.0 Å². The standard InChI is InChI=1S/C24H19F3N6O2/c1-15-12-32(14-29-15)19-5-6-20-22(34)31(9-10-33(20)23(19)35)13-21-28-8-7-18(30-21)16-3-2-4-17(11-16)24(25,26)27/h2-8,11-12,14H,9-10,13H2,1H3. The maximum Gasteiger partial charge on any atom is 0.416 e. The van der Waals surface area contributed by atoms with Crippen molar-refractivity contribution in [2.24, 2.45) is 0 Å². The Hall–Kier alpha value is -4.28. The summed E-state index contributed by atoms with van der Waals surface area (Å²) in [6, 6.07) is 9.58.